The van der Waals surface area contributed by atoms with Gasteiger partial charge in [-0.15, -0.1) is 0 Å². The summed E-state index contributed by atoms with van der Waals surface area (Å²) in [5.41, 5.74) is -0.435. The third-order valence-electron chi connectivity index (χ3n) is 3.74. The lowest BCUT2D eigenvalue weighted by Crippen LogP contribution is -2.50. The van der Waals surface area contributed by atoms with Crippen LogP contribution in [-0.4, -0.2) is 65.9 Å². The zero-order valence-corrected chi connectivity index (χ0v) is 14.1. The number of nitrogens with zero attached hydrogens (tertiary/aromatic N) is 3. The summed E-state index contributed by atoms with van der Waals surface area (Å²) >= 11 is 0. The van der Waals surface area contributed by atoms with E-state index in [1.165, 1.54) is 0 Å². The zero-order chi connectivity index (χ0) is 15.5. The predicted octanol–water partition coefficient (Wildman–Crippen LogP) is 2.57. The highest BCUT2D eigenvalue weighted by atomic mass is 16.6. The van der Waals surface area contributed by atoms with Crippen molar-refractivity contribution >= 4 is 6.09 Å². The van der Waals surface area contributed by atoms with Gasteiger partial charge in [-0.05, 0) is 40.5 Å². The van der Waals surface area contributed by atoms with E-state index >= 15 is 0 Å². The van der Waals surface area contributed by atoms with E-state index in [4.69, 9.17) is 4.74 Å². The number of likely N-dealkylation sites (tertiary alicyclic amines) is 1. The van der Waals surface area contributed by atoms with Gasteiger partial charge in [0.25, 0.3) is 0 Å². The molecule has 1 fully saturated rings. The molecule has 0 N–H and O–H groups in total. The van der Waals surface area contributed by atoms with Crippen LogP contribution in [0.25, 0.3) is 0 Å². The van der Waals surface area contributed by atoms with Crippen molar-refractivity contribution in [3.8, 4) is 0 Å². The van der Waals surface area contributed by atoms with Crippen LogP contribution in [0, 0.1) is 0 Å². The second kappa shape index (κ2) is 6.76. The maximum atomic E-state index is 12.4. The maximum Gasteiger partial charge on any atom is 0.410 e. The van der Waals surface area contributed by atoms with Gasteiger partial charge in [-0.2, -0.15) is 0 Å². The molecule has 1 heterocycles. The van der Waals surface area contributed by atoms with E-state index in [-0.39, 0.29) is 18.2 Å². The van der Waals surface area contributed by atoms with Gasteiger partial charge in [-0.3, -0.25) is 0 Å². The average Bonchev–Trinajstić information content (AvgIpc) is 2.64. The Morgan fingerprint density at radius 3 is 2.35 bits per heavy atom. The van der Waals surface area contributed by atoms with Crippen LogP contribution in [0.4, 0.5) is 4.79 Å². The third kappa shape index (κ3) is 4.63. The van der Waals surface area contributed by atoms with Crippen LogP contribution in [0.1, 0.15) is 47.5 Å². The molecule has 5 nitrogen and oxygen atoms in total. The van der Waals surface area contributed by atoms with Gasteiger partial charge < -0.3 is 9.64 Å². The number of ether oxygens (including phenoxy) is 1. The van der Waals surface area contributed by atoms with Crippen molar-refractivity contribution < 1.29 is 9.53 Å². The Morgan fingerprint density at radius 1 is 1.30 bits per heavy atom. The van der Waals surface area contributed by atoms with Crippen LogP contribution in [0.5, 0.6) is 0 Å². The Labute approximate surface area is 123 Å². The summed E-state index contributed by atoms with van der Waals surface area (Å²) in [5, 5.41) is 4.34. The molecule has 118 valence electrons. The summed E-state index contributed by atoms with van der Waals surface area (Å²) in [5.74, 6) is 0. The van der Waals surface area contributed by atoms with E-state index in [1.807, 2.05) is 39.8 Å². The summed E-state index contributed by atoms with van der Waals surface area (Å²) in [6, 6.07) is 0.498. The van der Waals surface area contributed by atoms with Crippen molar-refractivity contribution in [2.24, 2.45) is 0 Å². The first-order chi connectivity index (χ1) is 9.15. The number of carbonyl (C=O) groups excluding carboxylic acids is 1. The van der Waals surface area contributed by atoms with E-state index in [2.05, 4.69) is 23.9 Å². The second-order valence-electron chi connectivity index (χ2n) is 6.82. The number of carbonyl (C=O) groups is 1. The molecule has 20 heavy (non-hydrogen) atoms. The van der Waals surface area contributed by atoms with Crippen molar-refractivity contribution in [1.29, 1.82) is 0 Å². The minimum absolute atomic E-state index is 0.178. The summed E-state index contributed by atoms with van der Waals surface area (Å²) in [6.07, 6.45) is 1.92. The molecule has 1 amide bonds. The lowest BCUT2D eigenvalue weighted by molar-refractivity contribution is -0.0121. The quantitative estimate of drug-likeness (QED) is 0.744. The number of likely N-dealkylation sites (N-methyl/N-ethyl adjacent to an activating group) is 1. The van der Waals surface area contributed by atoms with Crippen LogP contribution in [0.3, 0.4) is 0 Å². The molecule has 0 bridgehead atoms. The monoisotopic (exact) mass is 285 g/mol. The number of hydrazine groups is 1. The highest BCUT2D eigenvalue weighted by molar-refractivity contribution is 5.69. The molecule has 0 aromatic carbocycles. The summed E-state index contributed by atoms with van der Waals surface area (Å²) in [7, 11) is 4.08. The standard InChI is InChI=1S/C15H31N3O2/c1-8-17(16(6)7)11-13-10-9-12(2)18(13)14(19)20-15(3,4)5/h12-13H,8-11H2,1-7H3. The normalized spacial score (nSPS) is 23.8. The van der Waals surface area contributed by atoms with Crippen LogP contribution in [0.15, 0.2) is 0 Å². The van der Waals surface area contributed by atoms with Crippen LogP contribution in [0.2, 0.25) is 0 Å². The highest BCUT2D eigenvalue weighted by Crippen LogP contribution is 2.27. The number of hydrogen-bond donors (Lipinski definition) is 0. The second-order valence-corrected chi connectivity index (χ2v) is 6.82. The molecular weight excluding hydrogens is 254 g/mol. The molecule has 1 saturated heterocycles. The Hall–Kier alpha value is -0.810. The largest absolute Gasteiger partial charge is 0.444 e. The lowest BCUT2D eigenvalue weighted by atomic mass is 10.2. The highest BCUT2D eigenvalue weighted by Gasteiger charge is 2.37. The first-order valence-corrected chi connectivity index (χ1v) is 7.59. The Morgan fingerprint density at radius 2 is 1.90 bits per heavy atom. The molecule has 1 aliphatic rings. The Kier molecular flexibility index (Phi) is 5.83. The molecule has 0 saturated carbocycles. The van der Waals surface area contributed by atoms with Gasteiger partial charge >= 0.3 is 6.09 Å². The van der Waals surface area contributed by atoms with Gasteiger partial charge in [0.2, 0.25) is 0 Å². The van der Waals surface area contributed by atoms with Crippen molar-refractivity contribution in [2.75, 3.05) is 27.2 Å². The predicted molar refractivity (Wildman–Crippen MR) is 81.5 cm³/mol. The fourth-order valence-corrected chi connectivity index (χ4v) is 2.71. The summed E-state index contributed by atoms with van der Waals surface area (Å²) in [4.78, 5) is 14.3. The average molecular weight is 285 g/mol. The number of hydrogen-bond acceptors (Lipinski definition) is 4. The van der Waals surface area contributed by atoms with E-state index < -0.39 is 5.60 Å². The van der Waals surface area contributed by atoms with Crippen molar-refractivity contribution in [1.82, 2.24) is 14.9 Å². The van der Waals surface area contributed by atoms with Crippen molar-refractivity contribution in [3.63, 3.8) is 0 Å². The molecule has 0 radical (unpaired) electrons. The van der Waals surface area contributed by atoms with Gasteiger partial charge in [0.1, 0.15) is 5.60 Å². The van der Waals surface area contributed by atoms with Gasteiger partial charge in [-0.1, -0.05) is 6.92 Å². The van der Waals surface area contributed by atoms with Crippen LogP contribution >= 0.6 is 0 Å². The van der Waals surface area contributed by atoms with Crippen LogP contribution < -0.4 is 0 Å². The topological polar surface area (TPSA) is 36.0 Å². The van der Waals surface area contributed by atoms with Crippen LogP contribution in [-0.2, 0) is 4.74 Å². The van der Waals surface area contributed by atoms with E-state index in [0.29, 0.717) is 0 Å². The van der Waals surface area contributed by atoms with E-state index in [0.717, 1.165) is 25.9 Å². The molecule has 2 unspecified atom stereocenters. The SMILES string of the molecule is CCN(CC1CCC(C)N1C(=O)OC(C)(C)C)N(C)C. The molecule has 1 rings (SSSR count). The molecule has 0 aliphatic carbocycles. The third-order valence-corrected chi connectivity index (χ3v) is 3.74. The van der Waals surface area contributed by atoms with Gasteiger partial charge in [0.15, 0.2) is 0 Å². The lowest BCUT2D eigenvalue weighted by Gasteiger charge is -2.36. The maximum absolute atomic E-state index is 12.4. The smallest absolute Gasteiger partial charge is 0.410 e. The molecule has 0 aromatic heterocycles. The molecule has 5 heteroatoms. The Bertz CT molecular complexity index is 326. The van der Waals surface area contributed by atoms with Gasteiger partial charge in [0.05, 0.1) is 0 Å². The fourth-order valence-electron chi connectivity index (χ4n) is 2.71. The molecule has 0 aromatic rings. The van der Waals surface area contributed by atoms with Crippen molar-refractivity contribution in [3.05, 3.63) is 0 Å². The summed E-state index contributed by atoms with van der Waals surface area (Å²) in [6.45, 7) is 11.8. The first-order valence-electron chi connectivity index (χ1n) is 7.59. The molecule has 0 spiro atoms. The van der Waals surface area contributed by atoms with E-state index in [9.17, 15) is 4.79 Å². The first kappa shape index (κ1) is 17.2. The van der Waals surface area contributed by atoms with Gasteiger partial charge in [0, 0.05) is 39.3 Å². The number of rotatable bonds is 4. The Balaban J connectivity index is 2.73. The fraction of sp³-hybridized carbons (Fsp3) is 0.933. The van der Waals surface area contributed by atoms with Gasteiger partial charge in [-0.25, -0.2) is 14.8 Å². The minimum Gasteiger partial charge on any atom is -0.444 e. The van der Waals surface area contributed by atoms with E-state index in [1.54, 1.807) is 0 Å². The molecular formula is C15H31N3O2. The molecule has 2 atom stereocenters. The minimum atomic E-state index is -0.435. The number of amides is 1. The molecule has 1 aliphatic heterocycles. The summed E-state index contributed by atoms with van der Waals surface area (Å²) < 4.78 is 5.55. The zero-order valence-electron chi connectivity index (χ0n) is 14.1. The van der Waals surface area contributed by atoms with Crippen molar-refractivity contribution in [2.45, 2.75) is 65.1 Å².